The van der Waals surface area contributed by atoms with E-state index in [1.54, 1.807) is 0 Å². The second-order valence-corrected chi connectivity index (χ2v) is 6.85. The third-order valence-electron chi connectivity index (χ3n) is 3.33. The number of aromatic nitrogens is 3. The molecule has 0 unspecified atom stereocenters. The lowest BCUT2D eigenvalue weighted by Gasteiger charge is -2.35. The Morgan fingerprint density at radius 2 is 2.45 bits per heavy atom. The molecule has 20 heavy (non-hydrogen) atoms. The van der Waals surface area contributed by atoms with E-state index < -0.39 is 50.7 Å². The van der Waals surface area contributed by atoms with Crippen molar-refractivity contribution in [3.8, 4) is 0 Å². The van der Waals surface area contributed by atoms with Crippen molar-refractivity contribution in [3.05, 3.63) is 12.4 Å². The molecule has 0 saturated carbocycles. The van der Waals surface area contributed by atoms with Gasteiger partial charge in [0.15, 0.2) is 15.9 Å². The first-order valence-corrected chi connectivity index (χ1v) is 6.95. The number of rotatable bonds is 3. The first kappa shape index (κ1) is 9.06. The molecule has 1 amide bonds. The number of hydrogen-bond acceptors (Lipinski definition) is 6. The molecular weight excluding hydrogens is 288 g/mol. The van der Waals surface area contributed by atoms with E-state index in [1.807, 2.05) is 0 Å². The molecule has 3 heterocycles. The Kier molecular flexibility index (Phi) is 1.71. The number of carbonyl (C=O) groups excluding carboxylic acids is 1. The fourth-order valence-corrected chi connectivity index (χ4v) is 4.12. The summed E-state index contributed by atoms with van der Waals surface area (Å²) in [6, 6.07) is -3.10. The van der Waals surface area contributed by atoms with E-state index in [-0.39, 0.29) is 4.90 Å². The Labute approximate surface area is 119 Å². The van der Waals surface area contributed by atoms with Crippen LogP contribution < -0.4 is 0 Å². The van der Waals surface area contributed by atoms with Gasteiger partial charge in [-0.3, -0.25) is 9.48 Å². The molecule has 3 atom stereocenters. The van der Waals surface area contributed by atoms with Crippen LogP contribution in [0.25, 0.3) is 0 Å². The van der Waals surface area contributed by atoms with Crippen LogP contribution >= 0.6 is 0 Å². The van der Waals surface area contributed by atoms with Gasteiger partial charge in [-0.15, -0.1) is 5.10 Å². The second kappa shape index (κ2) is 3.78. The van der Waals surface area contributed by atoms with Gasteiger partial charge in [0, 0.05) is 8.94 Å². The highest BCUT2D eigenvalue weighted by atomic mass is 32.2. The average Bonchev–Trinajstić information content (AvgIpc) is 3.00. The molecule has 3 rings (SSSR count). The highest BCUT2D eigenvalue weighted by molar-refractivity contribution is 7.93. The van der Waals surface area contributed by atoms with E-state index in [1.165, 1.54) is 12.4 Å². The van der Waals surface area contributed by atoms with Crippen LogP contribution in [0.3, 0.4) is 0 Å². The number of carboxylic acid groups (broad SMARTS) is 1. The molecule has 2 fully saturated rings. The summed E-state index contributed by atoms with van der Waals surface area (Å²) in [4.78, 5) is 23.7. The molecule has 0 bridgehead atoms. The minimum atomic E-state index is -4.96. The highest BCUT2D eigenvalue weighted by Crippen LogP contribution is 2.46. The van der Waals surface area contributed by atoms with Gasteiger partial charge in [0.25, 0.3) is 0 Å². The van der Waals surface area contributed by atoms with Crippen molar-refractivity contribution in [2.24, 2.45) is 0 Å². The van der Waals surface area contributed by atoms with Gasteiger partial charge in [0.1, 0.15) is 10.1 Å². The predicted octanol–water partition coefficient (Wildman–Crippen LogP) is -1.52. The summed E-state index contributed by atoms with van der Waals surface area (Å²) in [5.74, 6) is -3.51. The van der Waals surface area contributed by atoms with Gasteiger partial charge < -0.3 is 10.0 Å². The van der Waals surface area contributed by atoms with E-state index in [0.717, 1.165) is 11.6 Å². The van der Waals surface area contributed by atoms with Crippen molar-refractivity contribution >= 4 is 21.7 Å². The topological polar surface area (TPSA) is 122 Å². The number of β-lactam (4-membered cyclic amide) rings is 1. The van der Waals surface area contributed by atoms with Gasteiger partial charge in [0.2, 0.25) is 5.91 Å². The summed E-state index contributed by atoms with van der Waals surface area (Å²) < 4.78 is 55.8. The molecule has 1 aromatic heterocycles. The van der Waals surface area contributed by atoms with Crippen molar-refractivity contribution in [2.75, 3.05) is 0 Å². The van der Waals surface area contributed by atoms with E-state index in [9.17, 15) is 23.1 Å². The van der Waals surface area contributed by atoms with E-state index in [2.05, 4.69) is 10.3 Å². The van der Waals surface area contributed by atoms with E-state index >= 15 is 0 Å². The molecule has 2 aliphatic rings. The standard InChI is InChI=1S/C10H12N4O5S/c1-10(5-13-3-2-11-12-13)8(9(16)17)14-6(15)4-7(14)20(10,18)19/h2-3,7-8H,4-5H2,1H3,(H,16,17)/t7-,8+,10+/m1/s1/i4D2,7D,8D. The summed E-state index contributed by atoms with van der Waals surface area (Å²) in [5, 5.41) is 13.3. The van der Waals surface area contributed by atoms with E-state index in [0.29, 0.717) is 0 Å². The van der Waals surface area contributed by atoms with Crippen LogP contribution in [0.15, 0.2) is 12.4 Å². The Hall–Kier alpha value is -1.97. The Morgan fingerprint density at radius 3 is 3.00 bits per heavy atom. The van der Waals surface area contributed by atoms with Crippen LogP contribution in [0.2, 0.25) is 0 Å². The number of aliphatic carboxylic acids is 1. The van der Waals surface area contributed by atoms with E-state index in [4.69, 9.17) is 5.48 Å². The normalized spacial score (nSPS) is 47.5. The third kappa shape index (κ3) is 1.39. The van der Waals surface area contributed by atoms with Crippen LogP contribution in [0, 0.1) is 0 Å². The Bertz CT molecular complexity index is 861. The largest absolute Gasteiger partial charge is 0.480 e. The van der Waals surface area contributed by atoms with Crippen LogP contribution in [0.1, 0.15) is 18.8 Å². The number of amides is 1. The van der Waals surface area contributed by atoms with Gasteiger partial charge in [-0.1, -0.05) is 5.21 Å². The lowest BCUT2D eigenvalue weighted by Crippen LogP contribution is -2.58. The zero-order valence-electron chi connectivity index (χ0n) is 14.1. The summed E-state index contributed by atoms with van der Waals surface area (Å²) >= 11 is 0. The second-order valence-electron chi connectivity index (χ2n) is 4.56. The predicted molar refractivity (Wildman–Crippen MR) is 64.0 cm³/mol. The summed E-state index contributed by atoms with van der Waals surface area (Å²) in [7, 11) is -4.96. The number of nitrogens with zero attached hydrogens (tertiary/aromatic N) is 4. The van der Waals surface area contributed by atoms with Crippen LogP contribution in [0.5, 0.6) is 0 Å². The molecule has 108 valence electrons. The number of sulfone groups is 1. The number of carboxylic acids is 1. The van der Waals surface area contributed by atoms with Crippen molar-refractivity contribution in [3.63, 3.8) is 0 Å². The maximum Gasteiger partial charge on any atom is 0.328 e. The van der Waals surface area contributed by atoms with Gasteiger partial charge in [-0.2, -0.15) is 0 Å². The third-order valence-corrected chi connectivity index (χ3v) is 5.63. The smallest absolute Gasteiger partial charge is 0.328 e. The average molecular weight is 304 g/mol. The van der Waals surface area contributed by atoms with Gasteiger partial charge in [-0.05, 0) is 6.92 Å². The fraction of sp³-hybridized carbons (Fsp3) is 0.600. The first-order chi connectivity index (χ1) is 10.8. The molecular formula is C10H12N4O5S. The van der Waals surface area contributed by atoms with Gasteiger partial charge >= 0.3 is 5.97 Å². The van der Waals surface area contributed by atoms with Crippen molar-refractivity contribution in [1.29, 1.82) is 0 Å². The zero-order chi connectivity index (χ0) is 18.3. The Balaban J connectivity index is 2.32. The number of fused-ring (bicyclic) bond motifs is 1. The lowest BCUT2D eigenvalue weighted by atomic mass is 9.96. The lowest BCUT2D eigenvalue weighted by molar-refractivity contribution is -0.157. The highest BCUT2D eigenvalue weighted by Gasteiger charge is 2.70. The summed E-state index contributed by atoms with van der Waals surface area (Å²) in [5.41, 5.74) is 0. The number of hydrogen-bond donors (Lipinski definition) is 1. The molecule has 0 aromatic carbocycles. The van der Waals surface area contributed by atoms with Gasteiger partial charge in [-0.25, -0.2) is 13.2 Å². The summed E-state index contributed by atoms with van der Waals surface area (Å²) in [6.07, 6.45) is -0.730. The van der Waals surface area contributed by atoms with Crippen molar-refractivity contribution < 1.29 is 28.6 Å². The Morgan fingerprint density at radius 1 is 1.75 bits per heavy atom. The molecule has 9 nitrogen and oxygen atoms in total. The minimum absolute atomic E-state index is 0.0193. The number of carbonyl (C=O) groups is 2. The molecule has 1 aromatic rings. The van der Waals surface area contributed by atoms with Crippen molar-refractivity contribution in [2.45, 2.75) is 36.0 Å². The maximum absolute atomic E-state index is 12.9. The fourth-order valence-electron chi connectivity index (χ4n) is 2.32. The van der Waals surface area contributed by atoms with Crippen LogP contribution in [-0.2, 0) is 26.0 Å². The molecule has 1 N–H and O–H groups in total. The monoisotopic (exact) mass is 304 g/mol. The molecule has 0 spiro atoms. The zero-order valence-corrected chi connectivity index (χ0v) is 11.0. The molecule has 10 heteroatoms. The quantitative estimate of drug-likeness (QED) is 0.672. The molecule has 2 saturated heterocycles. The van der Waals surface area contributed by atoms with Crippen LogP contribution in [-0.4, -0.2) is 61.4 Å². The van der Waals surface area contributed by atoms with Crippen molar-refractivity contribution in [1.82, 2.24) is 19.9 Å². The minimum Gasteiger partial charge on any atom is -0.480 e. The summed E-state index contributed by atoms with van der Waals surface area (Å²) in [6.45, 7) is 0.203. The maximum atomic E-state index is 12.9. The molecule has 0 aliphatic carbocycles. The molecule has 2 aliphatic heterocycles. The first-order valence-electron chi connectivity index (χ1n) is 7.46. The SMILES string of the molecule is [2H]C1([2H])C(=O)N2[C@]1([2H])S(=O)(=O)[C@@](C)(Cn1ccnn1)[C@]2([2H])C(=O)O. The molecule has 0 radical (unpaired) electrons. The van der Waals surface area contributed by atoms with Gasteiger partial charge in [0.05, 0.1) is 21.9 Å². The van der Waals surface area contributed by atoms with Crippen LogP contribution in [0.4, 0.5) is 0 Å².